The predicted octanol–water partition coefficient (Wildman–Crippen LogP) is 3.46. The molecule has 1 heteroatoms. The molecule has 70 valence electrons. The Balaban J connectivity index is 1.67. The van der Waals surface area contributed by atoms with Crippen molar-refractivity contribution in [1.82, 2.24) is 0 Å². The van der Waals surface area contributed by atoms with Crippen LogP contribution in [0.4, 0.5) is 0 Å². The van der Waals surface area contributed by atoms with Crippen LogP contribution in [0.25, 0.3) is 0 Å². The van der Waals surface area contributed by atoms with Gasteiger partial charge < -0.3 is 0 Å². The van der Waals surface area contributed by atoms with Crippen molar-refractivity contribution in [2.75, 3.05) is 6.16 Å². The van der Waals surface area contributed by atoms with Gasteiger partial charge in [0.25, 0.3) is 0 Å². The summed E-state index contributed by atoms with van der Waals surface area (Å²) in [5, 5.41) is 0. The number of hydrogen-bond acceptors (Lipinski definition) is 0. The van der Waals surface area contributed by atoms with Gasteiger partial charge in [0, 0.05) is 0 Å². The summed E-state index contributed by atoms with van der Waals surface area (Å²) in [6, 6.07) is 10.9. The molecule has 0 bridgehead atoms. The molecular formula is C12H17P. The molecule has 0 saturated heterocycles. The van der Waals surface area contributed by atoms with Crippen LogP contribution in [0, 0.1) is 0 Å². The van der Waals surface area contributed by atoms with Crippen molar-refractivity contribution in [3.8, 4) is 0 Å². The highest BCUT2D eigenvalue weighted by Crippen LogP contribution is 2.36. The highest BCUT2D eigenvalue weighted by atomic mass is 31.1. The molecule has 0 heterocycles. The molecule has 0 aliphatic heterocycles. The van der Waals surface area contributed by atoms with E-state index >= 15 is 0 Å². The van der Waals surface area contributed by atoms with E-state index in [2.05, 4.69) is 30.3 Å². The molecule has 0 nitrogen and oxygen atoms in total. The number of rotatable bonds is 4. The van der Waals surface area contributed by atoms with Crippen LogP contribution in [-0.2, 0) is 6.42 Å². The summed E-state index contributed by atoms with van der Waals surface area (Å²) < 4.78 is 0. The molecule has 0 N–H and O–H groups in total. The molecule has 1 aromatic carbocycles. The second-order valence-electron chi connectivity index (χ2n) is 3.82. The monoisotopic (exact) mass is 192 g/mol. The summed E-state index contributed by atoms with van der Waals surface area (Å²) in [4.78, 5) is 0. The van der Waals surface area contributed by atoms with E-state index in [1.54, 1.807) is 0 Å². The molecule has 1 saturated carbocycles. The largest absolute Gasteiger partial charge is 0.119 e. The third-order valence-electron chi connectivity index (χ3n) is 2.79. The fraction of sp³-hybridized carbons (Fsp3) is 0.500. The first-order chi connectivity index (χ1) is 6.45. The second-order valence-corrected chi connectivity index (χ2v) is 5.54. The molecule has 2 rings (SSSR count). The Hall–Kier alpha value is -0.350. The first-order valence-electron chi connectivity index (χ1n) is 5.22. The third kappa shape index (κ3) is 2.81. The average Bonchev–Trinajstić information content (AvgIpc) is 2.11. The topological polar surface area (TPSA) is 0 Å². The van der Waals surface area contributed by atoms with Crippen molar-refractivity contribution in [2.24, 2.45) is 0 Å². The van der Waals surface area contributed by atoms with Crippen LogP contribution in [0.1, 0.15) is 24.8 Å². The van der Waals surface area contributed by atoms with Crippen molar-refractivity contribution in [3.63, 3.8) is 0 Å². The van der Waals surface area contributed by atoms with Crippen molar-refractivity contribution in [3.05, 3.63) is 35.9 Å². The van der Waals surface area contributed by atoms with Gasteiger partial charge in [0.2, 0.25) is 0 Å². The summed E-state index contributed by atoms with van der Waals surface area (Å²) in [6.07, 6.45) is 7.20. The van der Waals surface area contributed by atoms with Gasteiger partial charge in [0.15, 0.2) is 0 Å². The van der Waals surface area contributed by atoms with E-state index in [0.29, 0.717) is 0 Å². The molecule has 1 aliphatic rings. The van der Waals surface area contributed by atoms with E-state index < -0.39 is 0 Å². The van der Waals surface area contributed by atoms with E-state index in [4.69, 9.17) is 0 Å². The minimum absolute atomic E-state index is 1.10. The minimum Gasteiger partial charge on any atom is -0.119 e. The van der Waals surface area contributed by atoms with Gasteiger partial charge in [-0.05, 0) is 36.6 Å². The lowest BCUT2D eigenvalue weighted by Gasteiger charge is -2.25. The van der Waals surface area contributed by atoms with Crippen LogP contribution >= 0.6 is 8.58 Å². The van der Waals surface area contributed by atoms with Crippen molar-refractivity contribution >= 4 is 8.58 Å². The lowest BCUT2D eigenvalue weighted by atomic mass is 10.00. The Morgan fingerprint density at radius 2 is 1.92 bits per heavy atom. The van der Waals surface area contributed by atoms with E-state index in [9.17, 15) is 0 Å². The van der Waals surface area contributed by atoms with Crippen molar-refractivity contribution in [2.45, 2.75) is 31.3 Å². The predicted molar refractivity (Wildman–Crippen MR) is 61.0 cm³/mol. The second kappa shape index (κ2) is 4.77. The standard InChI is InChI=1S/C12H17P/c1-2-5-11(6-3-1)9-10-13-12-7-4-8-12/h1-3,5-6,12-13H,4,7-10H2. The normalized spacial score (nSPS) is 17.8. The third-order valence-corrected chi connectivity index (χ3v) is 4.49. The lowest BCUT2D eigenvalue weighted by Crippen LogP contribution is -2.12. The Kier molecular flexibility index (Phi) is 3.38. The molecule has 1 fully saturated rings. The van der Waals surface area contributed by atoms with Gasteiger partial charge in [-0.3, -0.25) is 0 Å². The zero-order valence-corrected chi connectivity index (χ0v) is 9.00. The molecule has 0 radical (unpaired) electrons. The number of aryl methyl sites for hydroxylation is 1. The maximum absolute atomic E-state index is 2.24. The fourth-order valence-electron chi connectivity index (χ4n) is 1.68. The molecule has 1 atom stereocenters. The Bertz CT molecular complexity index is 239. The van der Waals surface area contributed by atoms with Gasteiger partial charge in [-0.15, -0.1) is 8.58 Å². The Labute approximate surface area is 82.5 Å². The smallest absolute Gasteiger partial charge is 0.0237 e. The van der Waals surface area contributed by atoms with Gasteiger partial charge in [-0.1, -0.05) is 36.8 Å². The van der Waals surface area contributed by atoms with Crippen LogP contribution < -0.4 is 0 Å². The van der Waals surface area contributed by atoms with Crippen molar-refractivity contribution < 1.29 is 0 Å². The van der Waals surface area contributed by atoms with E-state index in [-0.39, 0.29) is 0 Å². The van der Waals surface area contributed by atoms with Gasteiger partial charge in [-0.2, -0.15) is 0 Å². The number of hydrogen-bond donors (Lipinski definition) is 0. The zero-order valence-electron chi connectivity index (χ0n) is 8.00. The van der Waals surface area contributed by atoms with Gasteiger partial charge >= 0.3 is 0 Å². The highest BCUT2D eigenvalue weighted by Gasteiger charge is 2.15. The Morgan fingerprint density at radius 1 is 1.15 bits per heavy atom. The first kappa shape index (κ1) is 9.21. The van der Waals surface area contributed by atoms with Gasteiger partial charge in [-0.25, -0.2) is 0 Å². The SMILES string of the molecule is c1ccc(CCPC2CCC2)cc1. The molecule has 1 unspecified atom stereocenters. The number of benzene rings is 1. The molecular weight excluding hydrogens is 175 g/mol. The molecule has 0 amide bonds. The fourth-order valence-corrected chi connectivity index (χ4v) is 3.34. The summed E-state index contributed by atoms with van der Waals surface area (Å²) in [5.74, 6) is 0. The van der Waals surface area contributed by atoms with Gasteiger partial charge in [0.05, 0.1) is 0 Å². The highest BCUT2D eigenvalue weighted by molar-refractivity contribution is 7.38. The summed E-state index contributed by atoms with van der Waals surface area (Å²) >= 11 is 0. The lowest BCUT2D eigenvalue weighted by molar-refractivity contribution is 0.518. The molecule has 1 aromatic rings. The van der Waals surface area contributed by atoms with E-state index in [1.807, 2.05) is 0 Å². The average molecular weight is 192 g/mol. The van der Waals surface area contributed by atoms with Gasteiger partial charge in [0.1, 0.15) is 0 Å². The molecule has 0 aromatic heterocycles. The maximum atomic E-state index is 2.24. The van der Waals surface area contributed by atoms with Crippen LogP contribution in [-0.4, -0.2) is 11.8 Å². The summed E-state index contributed by atoms with van der Waals surface area (Å²) in [7, 11) is 1.22. The zero-order chi connectivity index (χ0) is 8.93. The summed E-state index contributed by atoms with van der Waals surface area (Å²) in [5.41, 5.74) is 2.61. The first-order valence-corrected chi connectivity index (χ1v) is 6.51. The Morgan fingerprint density at radius 3 is 2.54 bits per heavy atom. The van der Waals surface area contributed by atoms with Crippen molar-refractivity contribution in [1.29, 1.82) is 0 Å². The molecule has 0 spiro atoms. The van der Waals surface area contributed by atoms with Crippen LogP contribution in [0.5, 0.6) is 0 Å². The van der Waals surface area contributed by atoms with Crippen LogP contribution in [0.2, 0.25) is 0 Å². The molecule has 1 aliphatic carbocycles. The maximum Gasteiger partial charge on any atom is -0.0237 e. The summed E-state index contributed by atoms with van der Waals surface area (Å²) in [6.45, 7) is 0. The van der Waals surface area contributed by atoms with E-state index in [0.717, 1.165) is 5.66 Å². The minimum atomic E-state index is 1.10. The van der Waals surface area contributed by atoms with Crippen LogP contribution in [0.15, 0.2) is 30.3 Å². The molecule has 13 heavy (non-hydrogen) atoms. The van der Waals surface area contributed by atoms with E-state index in [1.165, 1.54) is 46.0 Å². The van der Waals surface area contributed by atoms with Crippen LogP contribution in [0.3, 0.4) is 0 Å². The quantitative estimate of drug-likeness (QED) is 0.641.